The molecule has 3 nitrogen and oxygen atoms in total. The number of piperidine rings is 1. The molecule has 1 N–H and O–H groups in total. The van der Waals surface area contributed by atoms with Gasteiger partial charge in [0.1, 0.15) is 6.04 Å². The van der Waals surface area contributed by atoms with Crippen molar-refractivity contribution in [2.45, 2.75) is 44.2 Å². The molecule has 0 aromatic carbocycles. The maximum absolute atomic E-state index is 11.2. The molecule has 0 bridgehead atoms. The van der Waals surface area contributed by atoms with E-state index in [2.05, 4.69) is 4.90 Å². The van der Waals surface area contributed by atoms with Crippen LogP contribution in [-0.2, 0) is 4.79 Å². The molecule has 14 heavy (non-hydrogen) atoms. The first-order valence-electron chi connectivity index (χ1n) is 5.76. The lowest BCUT2D eigenvalue weighted by molar-refractivity contribution is -0.144. The van der Waals surface area contributed by atoms with Gasteiger partial charge in [0.25, 0.3) is 0 Å². The summed E-state index contributed by atoms with van der Waals surface area (Å²) < 4.78 is 0. The first-order chi connectivity index (χ1) is 6.77. The molecule has 3 fully saturated rings. The van der Waals surface area contributed by atoms with Gasteiger partial charge in [-0.1, -0.05) is 12.8 Å². The van der Waals surface area contributed by atoms with Gasteiger partial charge in [0.05, 0.1) is 0 Å². The molecule has 0 aromatic rings. The third-order valence-corrected chi connectivity index (χ3v) is 4.23. The van der Waals surface area contributed by atoms with Gasteiger partial charge in [0, 0.05) is 12.6 Å². The van der Waals surface area contributed by atoms with Crippen molar-refractivity contribution >= 4 is 5.97 Å². The fourth-order valence-electron chi connectivity index (χ4n) is 3.44. The lowest BCUT2D eigenvalue weighted by Crippen LogP contribution is -2.44. The zero-order valence-corrected chi connectivity index (χ0v) is 8.35. The lowest BCUT2D eigenvalue weighted by Gasteiger charge is -2.30. The molecule has 78 valence electrons. The van der Waals surface area contributed by atoms with Gasteiger partial charge in [-0.15, -0.1) is 0 Å². The van der Waals surface area contributed by atoms with Crippen LogP contribution in [0.1, 0.15) is 32.1 Å². The Morgan fingerprint density at radius 1 is 1.29 bits per heavy atom. The molecule has 0 amide bonds. The summed E-state index contributed by atoms with van der Waals surface area (Å²) in [5, 5.41) is 9.20. The summed E-state index contributed by atoms with van der Waals surface area (Å²) in [6.45, 7) is 1.06. The smallest absolute Gasteiger partial charge is 0.321 e. The highest BCUT2D eigenvalue weighted by molar-refractivity contribution is 5.75. The van der Waals surface area contributed by atoms with Crippen LogP contribution in [0.25, 0.3) is 0 Å². The quantitative estimate of drug-likeness (QED) is 0.722. The van der Waals surface area contributed by atoms with Crippen molar-refractivity contribution in [3.8, 4) is 0 Å². The average molecular weight is 195 g/mol. The Bertz CT molecular complexity index is 260. The molecule has 1 saturated heterocycles. The highest BCUT2D eigenvalue weighted by Gasteiger charge is 2.57. The Morgan fingerprint density at radius 3 is 2.64 bits per heavy atom. The second-order valence-corrected chi connectivity index (χ2v) is 5.08. The normalized spacial score (nSPS) is 42.7. The van der Waals surface area contributed by atoms with Crippen molar-refractivity contribution in [2.24, 2.45) is 11.8 Å². The predicted molar refractivity (Wildman–Crippen MR) is 52.0 cm³/mol. The summed E-state index contributed by atoms with van der Waals surface area (Å²) in [6, 6.07) is 0.451. The van der Waals surface area contributed by atoms with E-state index in [-0.39, 0.29) is 6.04 Å². The zero-order valence-electron chi connectivity index (χ0n) is 8.35. The highest BCUT2D eigenvalue weighted by atomic mass is 16.4. The van der Waals surface area contributed by atoms with Gasteiger partial charge >= 0.3 is 5.97 Å². The van der Waals surface area contributed by atoms with Crippen LogP contribution >= 0.6 is 0 Å². The monoisotopic (exact) mass is 195 g/mol. The Morgan fingerprint density at radius 2 is 2.00 bits per heavy atom. The van der Waals surface area contributed by atoms with Crippen molar-refractivity contribution in [1.82, 2.24) is 4.90 Å². The van der Waals surface area contributed by atoms with Crippen LogP contribution in [0.2, 0.25) is 0 Å². The molecule has 3 aliphatic rings. The van der Waals surface area contributed by atoms with Crippen molar-refractivity contribution in [3.05, 3.63) is 0 Å². The molecule has 0 radical (unpaired) electrons. The summed E-state index contributed by atoms with van der Waals surface area (Å²) in [4.78, 5) is 13.4. The van der Waals surface area contributed by atoms with Crippen LogP contribution < -0.4 is 0 Å². The molecule has 0 aromatic heterocycles. The van der Waals surface area contributed by atoms with E-state index in [9.17, 15) is 9.90 Å². The number of carboxylic acid groups (broad SMARTS) is 1. The first-order valence-corrected chi connectivity index (χ1v) is 5.76. The lowest BCUT2D eigenvalue weighted by atomic mass is 10.1. The van der Waals surface area contributed by atoms with E-state index in [1.807, 2.05) is 0 Å². The number of carbonyl (C=O) groups is 1. The van der Waals surface area contributed by atoms with Gasteiger partial charge in [-0.2, -0.15) is 0 Å². The minimum atomic E-state index is -0.582. The number of likely N-dealkylation sites (tertiary alicyclic amines) is 1. The zero-order chi connectivity index (χ0) is 9.71. The SMILES string of the molecule is O=C(O)C1C2CC2CN1C1CCCC1. The minimum Gasteiger partial charge on any atom is -0.480 e. The van der Waals surface area contributed by atoms with Gasteiger partial charge in [0.2, 0.25) is 0 Å². The molecular formula is C11H17NO2. The standard InChI is InChI=1S/C11H17NO2/c13-11(14)10-9-5-7(9)6-12(10)8-3-1-2-4-8/h7-10H,1-6H2,(H,13,14). The third-order valence-electron chi connectivity index (χ3n) is 4.23. The highest BCUT2D eigenvalue weighted by Crippen LogP contribution is 2.51. The van der Waals surface area contributed by atoms with Gasteiger partial charge in [-0.05, 0) is 31.1 Å². The molecular weight excluding hydrogens is 178 g/mol. The number of hydrogen-bond donors (Lipinski definition) is 1. The molecule has 3 rings (SSSR count). The second-order valence-electron chi connectivity index (χ2n) is 5.08. The van der Waals surface area contributed by atoms with E-state index in [0.717, 1.165) is 12.5 Å². The first kappa shape index (κ1) is 8.72. The van der Waals surface area contributed by atoms with Gasteiger partial charge in [0.15, 0.2) is 0 Å². The van der Waals surface area contributed by atoms with Crippen LogP contribution in [0.3, 0.4) is 0 Å². The van der Waals surface area contributed by atoms with E-state index in [0.29, 0.717) is 12.0 Å². The number of fused-ring (bicyclic) bond motifs is 1. The molecule has 2 aliphatic carbocycles. The molecule has 3 unspecified atom stereocenters. The fourth-order valence-corrected chi connectivity index (χ4v) is 3.44. The van der Waals surface area contributed by atoms with Crippen LogP contribution in [-0.4, -0.2) is 34.6 Å². The number of hydrogen-bond acceptors (Lipinski definition) is 2. The number of aliphatic carboxylic acids is 1. The maximum Gasteiger partial charge on any atom is 0.321 e. The van der Waals surface area contributed by atoms with Gasteiger partial charge in [-0.3, -0.25) is 9.69 Å². The van der Waals surface area contributed by atoms with E-state index in [1.165, 1.54) is 32.1 Å². The summed E-state index contributed by atoms with van der Waals surface area (Å²) in [5.74, 6) is 0.631. The Hall–Kier alpha value is -0.570. The van der Waals surface area contributed by atoms with Crippen LogP contribution in [0.4, 0.5) is 0 Å². The summed E-state index contributed by atoms with van der Waals surface area (Å²) in [5.41, 5.74) is 0. The number of carboxylic acids is 1. The van der Waals surface area contributed by atoms with Crippen molar-refractivity contribution in [1.29, 1.82) is 0 Å². The Labute approximate surface area is 84.1 Å². The maximum atomic E-state index is 11.2. The topological polar surface area (TPSA) is 40.5 Å². The van der Waals surface area contributed by atoms with Crippen LogP contribution in [0.15, 0.2) is 0 Å². The van der Waals surface area contributed by atoms with Crippen LogP contribution in [0, 0.1) is 11.8 Å². The predicted octanol–water partition coefficient (Wildman–Crippen LogP) is 1.33. The summed E-state index contributed by atoms with van der Waals surface area (Å²) >= 11 is 0. The van der Waals surface area contributed by atoms with E-state index in [4.69, 9.17) is 0 Å². The molecule has 1 aliphatic heterocycles. The average Bonchev–Trinajstić information content (AvgIpc) is 2.69. The third kappa shape index (κ3) is 1.18. The van der Waals surface area contributed by atoms with Gasteiger partial charge < -0.3 is 5.11 Å². The number of nitrogens with zero attached hydrogens (tertiary/aromatic N) is 1. The van der Waals surface area contributed by atoms with E-state index < -0.39 is 5.97 Å². The molecule has 1 heterocycles. The molecule has 0 spiro atoms. The van der Waals surface area contributed by atoms with Crippen LogP contribution in [0.5, 0.6) is 0 Å². The van der Waals surface area contributed by atoms with E-state index in [1.54, 1.807) is 0 Å². The molecule has 2 saturated carbocycles. The fraction of sp³-hybridized carbons (Fsp3) is 0.909. The number of rotatable bonds is 2. The summed E-state index contributed by atoms with van der Waals surface area (Å²) in [6.07, 6.45) is 6.21. The van der Waals surface area contributed by atoms with E-state index >= 15 is 0 Å². The summed E-state index contributed by atoms with van der Waals surface area (Å²) in [7, 11) is 0. The largest absolute Gasteiger partial charge is 0.480 e. The molecule has 3 heteroatoms. The Balaban J connectivity index is 1.75. The molecule has 3 atom stereocenters. The van der Waals surface area contributed by atoms with Crippen molar-refractivity contribution in [2.75, 3.05) is 6.54 Å². The van der Waals surface area contributed by atoms with Crippen molar-refractivity contribution < 1.29 is 9.90 Å². The second kappa shape index (κ2) is 2.96. The van der Waals surface area contributed by atoms with Gasteiger partial charge in [-0.25, -0.2) is 0 Å². The Kier molecular flexibility index (Phi) is 1.84. The van der Waals surface area contributed by atoms with Crippen molar-refractivity contribution in [3.63, 3.8) is 0 Å². The minimum absolute atomic E-state index is 0.136.